The first-order valence-corrected chi connectivity index (χ1v) is 12.1. The Balaban J connectivity index is 1.66. The number of hydrogen-bond acceptors (Lipinski definition) is 6. The maximum Gasteiger partial charge on any atom is 0.259 e. The van der Waals surface area contributed by atoms with Gasteiger partial charge < -0.3 is 5.32 Å². The SMILES string of the molecule is CCc1csc([C@H](Cc2ccc(NS(=O)O)cc2)NC(=O)CCC(=O)c2ccccn2)n1. The molecule has 0 aliphatic heterocycles. The van der Waals surface area contributed by atoms with Gasteiger partial charge in [-0.1, -0.05) is 25.1 Å². The molecule has 0 fully saturated rings. The predicted octanol–water partition coefficient (Wildman–Crippen LogP) is 3.71. The van der Waals surface area contributed by atoms with Crippen molar-refractivity contribution in [3.63, 3.8) is 0 Å². The number of benzene rings is 1. The molecule has 3 rings (SSSR count). The quantitative estimate of drug-likeness (QED) is 0.289. The van der Waals surface area contributed by atoms with Crippen molar-refractivity contribution in [2.24, 2.45) is 0 Å². The molecule has 0 saturated carbocycles. The fourth-order valence-electron chi connectivity index (χ4n) is 3.04. The molecular weight excluding hydrogens is 448 g/mol. The van der Waals surface area contributed by atoms with E-state index in [2.05, 4.69) is 20.0 Å². The van der Waals surface area contributed by atoms with Crippen molar-refractivity contribution in [1.29, 1.82) is 0 Å². The van der Waals surface area contributed by atoms with Gasteiger partial charge in [-0.05, 0) is 42.7 Å². The lowest BCUT2D eigenvalue weighted by Crippen LogP contribution is -2.30. The van der Waals surface area contributed by atoms with E-state index in [9.17, 15) is 13.8 Å². The molecule has 0 aliphatic rings. The molecule has 8 nitrogen and oxygen atoms in total. The van der Waals surface area contributed by atoms with E-state index in [-0.39, 0.29) is 30.6 Å². The number of rotatable bonds is 11. The summed E-state index contributed by atoms with van der Waals surface area (Å²) in [6.45, 7) is 2.02. The van der Waals surface area contributed by atoms with Crippen LogP contribution in [-0.2, 0) is 28.9 Å². The van der Waals surface area contributed by atoms with Crippen LogP contribution in [0.1, 0.15) is 52.6 Å². The summed E-state index contributed by atoms with van der Waals surface area (Å²) < 4.78 is 22.2. The number of aryl methyl sites for hydroxylation is 1. The zero-order chi connectivity index (χ0) is 22.9. The Kier molecular flexibility index (Phi) is 8.60. The Hall–Kier alpha value is -2.95. The van der Waals surface area contributed by atoms with Crippen molar-refractivity contribution in [2.45, 2.75) is 38.6 Å². The number of carbonyl (C=O) groups is 2. The van der Waals surface area contributed by atoms with Gasteiger partial charge >= 0.3 is 0 Å². The van der Waals surface area contributed by atoms with Crippen LogP contribution in [-0.4, -0.2) is 30.4 Å². The van der Waals surface area contributed by atoms with Crippen molar-refractivity contribution < 1.29 is 18.4 Å². The Morgan fingerprint density at radius 3 is 2.56 bits per heavy atom. The summed E-state index contributed by atoms with van der Waals surface area (Å²) in [5, 5.41) is 5.78. The average Bonchev–Trinajstić information content (AvgIpc) is 3.28. The summed E-state index contributed by atoms with van der Waals surface area (Å²) >= 11 is -0.649. The Morgan fingerprint density at radius 1 is 1.16 bits per heavy atom. The zero-order valence-corrected chi connectivity index (χ0v) is 19.1. The largest absolute Gasteiger partial charge is 0.347 e. The van der Waals surface area contributed by atoms with E-state index in [1.54, 1.807) is 36.5 Å². The Morgan fingerprint density at radius 2 is 1.94 bits per heavy atom. The summed E-state index contributed by atoms with van der Waals surface area (Å²) in [5.74, 6) is -0.411. The number of carbonyl (C=O) groups excluding carboxylic acids is 2. The van der Waals surface area contributed by atoms with Crippen molar-refractivity contribution in [2.75, 3.05) is 4.72 Å². The summed E-state index contributed by atoms with van der Waals surface area (Å²) in [7, 11) is 0. The number of hydrogen-bond donors (Lipinski definition) is 3. The molecule has 0 radical (unpaired) electrons. The van der Waals surface area contributed by atoms with E-state index in [0.29, 0.717) is 17.8 Å². The number of anilines is 1. The number of nitrogens with zero attached hydrogens (tertiary/aromatic N) is 2. The molecule has 1 aromatic carbocycles. The summed E-state index contributed by atoms with van der Waals surface area (Å²) in [6.07, 6.45) is 2.99. The van der Waals surface area contributed by atoms with Crippen molar-refractivity contribution in [3.8, 4) is 0 Å². The van der Waals surface area contributed by atoms with E-state index in [0.717, 1.165) is 22.7 Å². The van der Waals surface area contributed by atoms with Gasteiger partial charge in [0.15, 0.2) is 5.78 Å². The second kappa shape index (κ2) is 11.6. The van der Waals surface area contributed by atoms with E-state index < -0.39 is 11.3 Å². The molecule has 1 unspecified atom stereocenters. The summed E-state index contributed by atoms with van der Waals surface area (Å²) in [6, 6.07) is 11.8. The van der Waals surface area contributed by atoms with Crippen LogP contribution < -0.4 is 10.0 Å². The zero-order valence-electron chi connectivity index (χ0n) is 17.5. The van der Waals surface area contributed by atoms with Gasteiger partial charge in [-0.25, -0.2) is 9.19 Å². The van der Waals surface area contributed by atoms with E-state index >= 15 is 0 Å². The third-order valence-electron chi connectivity index (χ3n) is 4.69. The molecule has 0 bridgehead atoms. The highest BCUT2D eigenvalue weighted by molar-refractivity contribution is 7.80. The average molecular weight is 473 g/mol. The molecule has 3 aromatic rings. The van der Waals surface area contributed by atoms with Gasteiger partial charge in [0.25, 0.3) is 11.3 Å². The van der Waals surface area contributed by atoms with Gasteiger partial charge in [-0.2, -0.15) is 0 Å². The van der Waals surface area contributed by atoms with Crippen LogP contribution in [0.15, 0.2) is 54.0 Å². The maximum absolute atomic E-state index is 12.6. The van der Waals surface area contributed by atoms with Gasteiger partial charge in [0, 0.05) is 30.1 Å². The highest BCUT2D eigenvalue weighted by atomic mass is 32.2. The van der Waals surface area contributed by atoms with E-state index in [1.807, 2.05) is 24.4 Å². The molecule has 1 amide bonds. The molecule has 2 atom stereocenters. The fraction of sp³-hybridized carbons (Fsp3) is 0.273. The van der Waals surface area contributed by atoms with Crippen LogP contribution >= 0.6 is 11.3 Å². The molecule has 168 valence electrons. The number of thiazole rings is 1. The van der Waals surface area contributed by atoms with E-state index in [1.165, 1.54) is 11.3 Å². The van der Waals surface area contributed by atoms with Crippen LogP contribution in [0.25, 0.3) is 0 Å². The Bertz CT molecular complexity index is 1070. The van der Waals surface area contributed by atoms with Gasteiger partial charge in [-0.15, -0.1) is 11.3 Å². The molecule has 32 heavy (non-hydrogen) atoms. The molecule has 10 heteroatoms. The smallest absolute Gasteiger partial charge is 0.259 e. The number of aromatic nitrogens is 2. The van der Waals surface area contributed by atoms with Crippen LogP contribution in [0.3, 0.4) is 0 Å². The second-order valence-electron chi connectivity index (χ2n) is 7.04. The normalized spacial score (nSPS) is 12.7. The first kappa shape index (κ1) is 23.7. The van der Waals surface area contributed by atoms with Crippen molar-refractivity contribution in [1.82, 2.24) is 15.3 Å². The van der Waals surface area contributed by atoms with Gasteiger partial charge in [0.2, 0.25) is 5.91 Å². The first-order chi connectivity index (χ1) is 15.4. The molecule has 0 saturated heterocycles. The van der Waals surface area contributed by atoms with Crippen LogP contribution in [0, 0.1) is 0 Å². The lowest BCUT2D eigenvalue weighted by molar-refractivity contribution is -0.121. The van der Waals surface area contributed by atoms with Crippen molar-refractivity contribution >= 4 is 40.0 Å². The summed E-state index contributed by atoms with van der Waals surface area (Å²) in [4.78, 5) is 33.5. The molecular formula is C22H24N4O4S2. The van der Waals surface area contributed by atoms with E-state index in [4.69, 9.17) is 4.55 Å². The third-order valence-corrected chi connectivity index (χ3v) is 6.11. The maximum atomic E-state index is 12.6. The molecule has 3 N–H and O–H groups in total. The minimum Gasteiger partial charge on any atom is -0.347 e. The number of pyridine rings is 1. The monoisotopic (exact) mass is 472 g/mol. The number of nitrogens with one attached hydrogen (secondary N) is 2. The number of Topliss-reactive ketones (excluding diaryl/α,β-unsaturated/α-hetero) is 1. The molecule has 2 heterocycles. The lowest BCUT2D eigenvalue weighted by Gasteiger charge is -2.17. The van der Waals surface area contributed by atoms with Crippen LogP contribution in [0.5, 0.6) is 0 Å². The Labute approximate surface area is 192 Å². The number of ketones is 1. The standard InChI is InChI=1S/C22H24N4O4S2/c1-2-16-14-31-22(24-16)19(13-15-6-8-17(9-7-15)26-32(29)30)25-21(28)11-10-20(27)18-5-3-4-12-23-18/h3-9,12,14,19,26H,2,10-11,13H2,1H3,(H,25,28)(H,29,30)/t19-/m0/s1. The number of amides is 1. The first-order valence-electron chi connectivity index (χ1n) is 10.1. The fourth-order valence-corrected chi connectivity index (χ4v) is 4.33. The van der Waals surface area contributed by atoms with Crippen molar-refractivity contribution in [3.05, 3.63) is 76.0 Å². The topological polar surface area (TPSA) is 121 Å². The van der Waals surface area contributed by atoms with Crippen LogP contribution in [0.2, 0.25) is 0 Å². The molecule has 2 aromatic heterocycles. The van der Waals surface area contributed by atoms with Gasteiger partial charge in [-0.3, -0.25) is 23.8 Å². The van der Waals surface area contributed by atoms with Gasteiger partial charge in [0.05, 0.1) is 11.7 Å². The third kappa shape index (κ3) is 7.04. The van der Waals surface area contributed by atoms with Crippen LogP contribution in [0.4, 0.5) is 5.69 Å². The molecule has 0 aliphatic carbocycles. The lowest BCUT2D eigenvalue weighted by atomic mass is 10.1. The summed E-state index contributed by atoms with van der Waals surface area (Å²) in [5.41, 5.74) is 2.76. The minimum absolute atomic E-state index is 0.0586. The van der Waals surface area contributed by atoms with Gasteiger partial charge in [0.1, 0.15) is 10.7 Å². The highest BCUT2D eigenvalue weighted by Crippen LogP contribution is 2.24. The minimum atomic E-state index is -2.14. The predicted molar refractivity (Wildman–Crippen MR) is 125 cm³/mol. The molecule has 0 spiro atoms. The highest BCUT2D eigenvalue weighted by Gasteiger charge is 2.20. The second-order valence-corrected chi connectivity index (χ2v) is 8.63.